The minimum absolute atomic E-state index is 0.152. The Morgan fingerprint density at radius 1 is 1.10 bits per heavy atom. The number of pyridine rings is 1. The van der Waals surface area contributed by atoms with E-state index in [4.69, 9.17) is 16.3 Å². The van der Waals surface area contributed by atoms with Crippen molar-refractivity contribution < 1.29 is 13.9 Å². The Morgan fingerprint density at radius 2 is 1.84 bits per heavy atom. The summed E-state index contributed by atoms with van der Waals surface area (Å²) >= 11 is 6.25. The van der Waals surface area contributed by atoms with Crippen LogP contribution >= 0.6 is 11.6 Å². The van der Waals surface area contributed by atoms with Gasteiger partial charge in [0.15, 0.2) is 0 Å². The second-order valence-electron chi connectivity index (χ2n) is 7.15. The average Bonchev–Trinajstić information content (AvgIpc) is 2.75. The minimum atomic E-state index is -0.351. The summed E-state index contributed by atoms with van der Waals surface area (Å²) in [5, 5.41) is 9.62. The van der Waals surface area contributed by atoms with E-state index in [1.165, 1.54) is 25.3 Å². The summed E-state index contributed by atoms with van der Waals surface area (Å²) in [5.41, 5.74) is 3.77. The van der Waals surface area contributed by atoms with Crippen LogP contribution in [0.1, 0.15) is 27.2 Å². The molecule has 31 heavy (non-hydrogen) atoms. The number of amides is 1. The van der Waals surface area contributed by atoms with Crippen molar-refractivity contribution in [2.24, 2.45) is 0 Å². The van der Waals surface area contributed by atoms with Gasteiger partial charge >= 0.3 is 0 Å². The van der Waals surface area contributed by atoms with Gasteiger partial charge in [0.1, 0.15) is 18.6 Å². The van der Waals surface area contributed by atoms with Crippen molar-refractivity contribution in [3.63, 3.8) is 0 Å². The largest absolute Gasteiger partial charge is 0.481 e. The third-order valence-electron chi connectivity index (χ3n) is 5.24. The first-order chi connectivity index (χ1) is 14.8. The van der Waals surface area contributed by atoms with Gasteiger partial charge in [-0.05, 0) is 55.8 Å². The number of hydrogen-bond donors (Lipinski definition) is 0. The molecule has 0 spiro atoms. The summed E-state index contributed by atoms with van der Waals surface area (Å²) in [6.07, 6.45) is 0. The van der Waals surface area contributed by atoms with E-state index in [0.717, 1.165) is 0 Å². The maximum atomic E-state index is 13.7. The van der Waals surface area contributed by atoms with Crippen LogP contribution in [-0.2, 0) is 0 Å². The van der Waals surface area contributed by atoms with E-state index in [0.29, 0.717) is 39.8 Å². The first-order valence-corrected chi connectivity index (χ1v) is 9.82. The van der Waals surface area contributed by atoms with Crippen molar-refractivity contribution in [2.75, 3.05) is 23.6 Å². The number of nitriles is 1. The first kappa shape index (κ1) is 20.6. The summed E-state index contributed by atoms with van der Waals surface area (Å²) in [4.78, 5) is 21.3. The smallest absolute Gasteiger partial charge is 0.262 e. The summed E-state index contributed by atoms with van der Waals surface area (Å²) < 4.78 is 18.9. The molecule has 0 bridgehead atoms. The number of carbonyl (C=O) groups is 1. The van der Waals surface area contributed by atoms with Gasteiger partial charge in [-0.25, -0.2) is 9.37 Å². The van der Waals surface area contributed by atoms with E-state index in [2.05, 4.69) is 11.1 Å². The van der Waals surface area contributed by atoms with Crippen LogP contribution in [0.4, 0.5) is 21.5 Å². The average molecular weight is 437 g/mol. The van der Waals surface area contributed by atoms with E-state index in [1.807, 2.05) is 4.90 Å². The molecule has 0 saturated heterocycles. The maximum absolute atomic E-state index is 13.7. The molecule has 2 aromatic carbocycles. The van der Waals surface area contributed by atoms with Crippen LogP contribution in [0, 0.1) is 31.0 Å². The Labute approximate surface area is 184 Å². The number of aryl methyl sites for hydroxylation is 2. The highest BCUT2D eigenvalue weighted by molar-refractivity contribution is 6.32. The number of rotatable bonds is 3. The topological polar surface area (TPSA) is 69.5 Å². The second kappa shape index (κ2) is 7.89. The zero-order valence-corrected chi connectivity index (χ0v) is 17.9. The number of carbonyl (C=O) groups excluding carboxylic acids is 1. The predicted octanol–water partition coefficient (Wildman–Crippen LogP) is 5.13. The molecule has 0 aliphatic carbocycles. The zero-order chi connectivity index (χ0) is 22.3. The van der Waals surface area contributed by atoms with E-state index < -0.39 is 0 Å². The minimum Gasteiger partial charge on any atom is -0.481 e. The molecule has 0 unspecified atom stereocenters. The van der Waals surface area contributed by atoms with Crippen molar-refractivity contribution in [1.29, 1.82) is 5.26 Å². The van der Waals surface area contributed by atoms with Crippen LogP contribution in [0.3, 0.4) is 0 Å². The molecule has 4 rings (SSSR count). The molecular weight excluding hydrogens is 419 g/mol. The quantitative estimate of drug-likeness (QED) is 0.569. The van der Waals surface area contributed by atoms with Crippen LogP contribution in [0.5, 0.6) is 5.88 Å². The molecule has 0 N–H and O–H groups in total. The fourth-order valence-electron chi connectivity index (χ4n) is 3.71. The van der Waals surface area contributed by atoms with E-state index >= 15 is 0 Å². The lowest BCUT2D eigenvalue weighted by atomic mass is 10.0. The summed E-state index contributed by atoms with van der Waals surface area (Å²) in [6.45, 7) is 3.74. The summed E-state index contributed by atoms with van der Waals surface area (Å²) in [7, 11) is 1.53. The number of methoxy groups -OCH3 is 1. The molecule has 8 heteroatoms. The van der Waals surface area contributed by atoms with Gasteiger partial charge in [-0.15, -0.1) is 0 Å². The summed E-state index contributed by atoms with van der Waals surface area (Å²) in [6, 6.07) is 13.0. The Morgan fingerprint density at radius 3 is 2.48 bits per heavy atom. The van der Waals surface area contributed by atoms with Gasteiger partial charge in [-0.2, -0.15) is 5.26 Å². The van der Waals surface area contributed by atoms with Crippen molar-refractivity contribution >= 4 is 34.6 Å². The Kier molecular flexibility index (Phi) is 5.25. The van der Waals surface area contributed by atoms with Gasteiger partial charge in [-0.3, -0.25) is 9.69 Å². The number of ether oxygens (including phenoxy) is 1. The van der Waals surface area contributed by atoms with Crippen LogP contribution in [-0.4, -0.2) is 24.7 Å². The zero-order valence-electron chi connectivity index (χ0n) is 17.1. The van der Waals surface area contributed by atoms with Gasteiger partial charge in [0.05, 0.1) is 40.3 Å². The number of aromatic nitrogens is 1. The normalized spacial score (nSPS) is 13.1. The molecule has 0 atom stereocenters. The van der Waals surface area contributed by atoms with Gasteiger partial charge in [0.2, 0.25) is 5.88 Å². The van der Waals surface area contributed by atoms with Crippen molar-refractivity contribution in [3.8, 4) is 11.9 Å². The Balaban J connectivity index is 1.92. The van der Waals surface area contributed by atoms with Crippen LogP contribution in [0.15, 0.2) is 42.5 Å². The number of fused-ring (bicyclic) bond motifs is 1. The van der Waals surface area contributed by atoms with Gasteiger partial charge in [0.25, 0.3) is 5.91 Å². The van der Waals surface area contributed by atoms with Gasteiger partial charge in [0, 0.05) is 11.8 Å². The van der Waals surface area contributed by atoms with Crippen LogP contribution in [0.25, 0.3) is 0 Å². The van der Waals surface area contributed by atoms with Gasteiger partial charge < -0.3 is 9.64 Å². The highest BCUT2D eigenvalue weighted by atomic mass is 35.5. The number of halogens is 2. The molecule has 156 valence electrons. The molecule has 1 amide bonds. The first-order valence-electron chi connectivity index (χ1n) is 9.45. The highest BCUT2D eigenvalue weighted by Gasteiger charge is 2.33. The number of benzene rings is 2. The maximum Gasteiger partial charge on any atom is 0.262 e. The van der Waals surface area contributed by atoms with Crippen LogP contribution < -0.4 is 14.5 Å². The monoisotopic (exact) mass is 436 g/mol. The fourth-order valence-corrected chi connectivity index (χ4v) is 3.92. The number of hydrogen-bond acceptors (Lipinski definition) is 5. The van der Waals surface area contributed by atoms with Crippen LogP contribution in [0.2, 0.25) is 5.02 Å². The Bertz CT molecular complexity index is 1260. The lowest BCUT2D eigenvalue weighted by molar-refractivity contribution is 0.0983. The standard InChI is InChI=1S/C23H18ClFN4O2/c1-13-8-16(25)4-5-19(13)28-12-29(20-6-7-22(31-3)27-14(20)2)23(30)17-10-18(24)15(11-26)9-21(17)28/h4-10H,12H2,1-3H3. The number of anilines is 3. The SMILES string of the molecule is COc1ccc(N2CN(c3ccc(F)cc3C)c3cc(C#N)c(Cl)cc3C2=O)c(C)n1. The van der Waals surface area contributed by atoms with Crippen molar-refractivity contribution in [3.05, 3.63) is 75.7 Å². The Hall–Kier alpha value is -3.63. The molecule has 1 aliphatic rings. The van der Waals surface area contributed by atoms with Crippen molar-refractivity contribution in [2.45, 2.75) is 13.8 Å². The molecule has 6 nitrogen and oxygen atoms in total. The third kappa shape index (κ3) is 3.56. The van der Waals surface area contributed by atoms with Gasteiger partial charge in [-0.1, -0.05) is 11.6 Å². The lowest BCUT2D eigenvalue weighted by Crippen LogP contribution is -2.45. The highest BCUT2D eigenvalue weighted by Crippen LogP contribution is 2.40. The molecule has 0 radical (unpaired) electrons. The molecular formula is C23H18ClFN4O2. The predicted molar refractivity (Wildman–Crippen MR) is 117 cm³/mol. The van der Waals surface area contributed by atoms with E-state index in [1.54, 1.807) is 43.0 Å². The van der Waals surface area contributed by atoms with E-state index in [9.17, 15) is 14.4 Å². The number of nitrogens with zero attached hydrogens (tertiary/aromatic N) is 4. The molecule has 1 aliphatic heterocycles. The third-order valence-corrected chi connectivity index (χ3v) is 5.55. The lowest BCUT2D eigenvalue weighted by Gasteiger charge is -2.39. The molecule has 1 aromatic heterocycles. The summed E-state index contributed by atoms with van der Waals surface area (Å²) in [5.74, 6) is -0.179. The second-order valence-corrected chi connectivity index (χ2v) is 7.56. The molecule has 0 fully saturated rings. The molecule has 0 saturated carbocycles. The van der Waals surface area contributed by atoms with E-state index in [-0.39, 0.29) is 29.0 Å². The van der Waals surface area contributed by atoms with Crippen molar-refractivity contribution in [1.82, 2.24) is 4.98 Å². The molecule has 3 aromatic rings. The fraction of sp³-hybridized carbons (Fsp3) is 0.174. The molecule has 2 heterocycles.